The van der Waals surface area contributed by atoms with Gasteiger partial charge in [-0.3, -0.25) is 0 Å². The summed E-state index contributed by atoms with van der Waals surface area (Å²) in [6, 6.07) is 0. The van der Waals surface area contributed by atoms with Crippen LogP contribution in [0.25, 0.3) is 0 Å². The number of nitrogens with zero attached hydrogens (tertiary/aromatic N) is 1. The minimum absolute atomic E-state index is 0.451. The smallest absolute Gasteiger partial charge is 0.0798 e. The minimum atomic E-state index is -0.451. The fourth-order valence-electron chi connectivity index (χ4n) is 2.28. The second-order valence-electron chi connectivity index (χ2n) is 5.18. The molecule has 1 aliphatic heterocycles. The van der Waals surface area contributed by atoms with E-state index in [-0.39, 0.29) is 0 Å². The van der Waals surface area contributed by atoms with Crippen LogP contribution < -0.4 is 5.32 Å². The Bertz CT molecular complexity index is 178. The van der Waals surface area contributed by atoms with E-state index in [9.17, 15) is 5.11 Å². The number of aliphatic hydroxyl groups is 1. The van der Waals surface area contributed by atoms with Crippen molar-refractivity contribution in [2.24, 2.45) is 5.92 Å². The molecule has 0 aliphatic carbocycles. The predicted molar refractivity (Wildman–Crippen MR) is 64.0 cm³/mol. The molecule has 0 bridgehead atoms. The lowest BCUT2D eigenvalue weighted by Gasteiger charge is -2.36. The SMILES string of the molecule is CCC(C)CN(C)CC1(O)CCNCC1. The number of rotatable bonds is 5. The fourth-order valence-corrected chi connectivity index (χ4v) is 2.28. The lowest BCUT2D eigenvalue weighted by molar-refractivity contribution is -0.0175. The Kier molecular flexibility index (Phi) is 5.03. The van der Waals surface area contributed by atoms with Gasteiger partial charge in [0.1, 0.15) is 0 Å². The zero-order valence-electron chi connectivity index (χ0n) is 10.4. The van der Waals surface area contributed by atoms with Crippen molar-refractivity contribution in [3.63, 3.8) is 0 Å². The molecule has 0 aromatic rings. The molecule has 1 heterocycles. The molecule has 1 rings (SSSR count). The molecule has 3 nitrogen and oxygen atoms in total. The van der Waals surface area contributed by atoms with Crippen LogP contribution in [0.15, 0.2) is 0 Å². The molecular weight excluding hydrogens is 188 g/mol. The highest BCUT2D eigenvalue weighted by Gasteiger charge is 2.30. The van der Waals surface area contributed by atoms with Crippen molar-refractivity contribution >= 4 is 0 Å². The van der Waals surface area contributed by atoms with Crippen molar-refractivity contribution in [2.45, 2.75) is 38.7 Å². The van der Waals surface area contributed by atoms with Crippen molar-refractivity contribution < 1.29 is 5.11 Å². The first-order valence-electron chi connectivity index (χ1n) is 6.17. The Labute approximate surface area is 93.9 Å². The first-order chi connectivity index (χ1) is 7.06. The van der Waals surface area contributed by atoms with Gasteiger partial charge in [-0.2, -0.15) is 0 Å². The van der Waals surface area contributed by atoms with E-state index in [1.807, 2.05) is 0 Å². The number of piperidine rings is 1. The molecule has 1 saturated heterocycles. The molecule has 0 spiro atoms. The van der Waals surface area contributed by atoms with Crippen molar-refractivity contribution in [1.29, 1.82) is 0 Å². The van der Waals surface area contributed by atoms with E-state index in [0.29, 0.717) is 0 Å². The number of nitrogens with one attached hydrogen (secondary N) is 1. The van der Waals surface area contributed by atoms with E-state index in [4.69, 9.17) is 0 Å². The fraction of sp³-hybridized carbons (Fsp3) is 1.00. The third-order valence-electron chi connectivity index (χ3n) is 3.42. The standard InChI is InChI=1S/C12H26N2O/c1-4-11(2)9-14(3)10-12(15)5-7-13-8-6-12/h11,13,15H,4-10H2,1-3H3. The van der Waals surface area contributed by atoms with E-state index < -0.39 is 5.60 Å². The summed E-state index contributed by atoms with van der Waals surface area (Å²) in [6.07, 6.45) is 2.99. The average Bonchev–Trinajstić information content (AvgIpc) is 2.17. The van der Waals surface area contributed by atoms with Crippen molar-refractivity contribution in [1.82, 2.24) is 10.2 Å². The van der Waals surface area contributed by atoms with Gasteiger partial charge >= 0.3 is 0 Å². The van der Waals surface area contributed by atoms with Crippen LogP contribution in [0.4, 0.5) is 0 Å². The Morgan fingerprint density at radius 1 is 1.40 bits per heavy atom. The summed E-state index contributed by atoms with van der Waals surface area (Å²) in [5, 5.41) is 13.6. The Morgan fingerprint density at radius 3 is 2.53 bits per heavy atom. The quantitative estimate of drug-likeness (QED) is 0.719. The van der Waals surface area contributed by atoms with E-state index in [0.717, 1.165) is 44.9 Å². The largest absolute Gasteiger partial charge is 0.388 e. The summed E-state index contributed by atoms with van der Waals surface area (Å²) < 4.78 is 0. The first-order valence-corrected chi connectivity index (χ1v) is 6.17. The highest BCUT2D eigenvalue weighted by Crippen LogP contribution is 2.19. The number of likely N-dealkylation sites (N-methyl/N-ethyl adjacent to an activating group) is 1. The Morgan fingerprint density at radius 2 is 2.00 bits per heavy atom. The van der Waals surface area contributed by atoms with E-state index >= 15 is 0 Å². The molecule has 2 N–H and O–H groups in total. The van der Waals surface area contributed by atoms with Gasteiger partial charge in [-0.25, -0.2) is 0 Å². The van der Waals surface area contributed by atoms with Crippen LogP contribution >= 0.6 is 0 Å². The monoisotopic (exact) mass is 214 g/mol. The molecule has 0 saturated carbocycles. The molecule has 0 amide bonds. The van der Waals surface area contributed by atoms with Gasteiger partial charge in [0.05, 0.1) is 5.60 Å². The van der Waals surface area contributed by atoms with Crippen LogP contribution in [0.3, 0.4) is 0 Å². The molecule has 3 heteroatoms. The number of hydrogen-bond acceptors (Lipinski definition) is 3. The molecule has 1 unspecified atom stereocenters. The molecule has 0 aromatic carbocycles. The third kappa shape index (κ3) is 4.49. The van der Waals surface area contributed by atoms with Gasteiger partial charge in [0.2, 0.25) is 0 Å². The second-order valence-corrected chi connectivity index (χ2v) is 5.18. The molecule has 0 aromatic heterocycles. The van der Waals surface area contributed by atoms with E-state index in [1.54, 1.807) is 0 Å². The molecule has 0 radical (unpaired) electrons. The lowest BCUT2D eigenvalue weighted by Crippen LogP contribution is -2.49. The van der Waals surface area contributed by atoms with Gasteiger partial charge in [-0.1, -0.05) is 20.3 Å². The van der Waals surface area contributed by atoms with Crippen LogP contribution in [-0.2, 0) is 0 Å². The van der Waals surface area contributed by atoms with E-state index in [2.05, 4.69) is 31.1 Å². The molecule has 90 valence electrons. The number of hydrogen-bond donors (Lipinski definition) is 2. The van der Waals surface area contributed by atoms with Gasteiger partial charge in [-0.15, -0.1) is 0 Å². The van der Waals surface area contributed by atoms with Gasteiger partial charge in [0.25, 0.3) is 0 Å². The van der Waals surface area contributed by atoms with Crippen LogP contribution in [-0.4, -0.2) is 48.8 Å². The summed E-state index contributed by atoms with van der Waals surface area (Å²) in [7, 11) is 2.12. The zero-order valence-corrected chi connectivity index (χ0v) is 10.4. The second kappa shape index (κ2) is 5.83. The lowest BCUT2D eigenvalue weighted by atomic mass is 9.91. The maximum atomic E-state index is 10.3. The van der Waals surface area contributed by atoms with E-state index in [1.165, 1.54) is 6.42 Å². The average molecular weight is 214 g/mol. The van der Waals surface area contributed by atoms with Gasteiger partial charge in [-0.05, 0) is 38.9 Å². The predicted octanol–water partition coefficient (Wildman–Crippen LogP) is 1.08. The Hall–Kier alpha value is -0.120. The van der Waals surface area contributed by atoms with Gasteiger partial charge in [0, 0.05) is 13.1 Å². The van der Waals surface area contributed by atoms with Crippen LogP contribution in [0.2, 0.25) is 0 Å². The molecule has 1 aliphatic rings. The topological polar surface area (TPSA) is 35.5 Å². The summed E-state index contributed by atoms with van der Waals surface area (Å²) >= 11 is 0. The van der Waals surface area contributed by atoms with Crippen molar-refractivity contribution in [3.05, 3.63) is 0 Å². The third-order valence-corrected chi connectivity index (χ3v) is 3.42. The maximum Gasteiger partial charge on any atom is 0.0798 e. The normalized spacial score (nSPS) is 23.0. The van der Waals surface area contributed by atoms with Gasteiger partial charge in [0.15, 0.2) is 0 Å². The first kappa shape index (κ1) is 12.9. The van der Waals surface area contributed by atoms with Crippen molar-refractivity contribution in [2.75, 3.05) is 33.2 Å². The molecular formula is C12H26N2O. The molecule has 1 fully saturated rings. The highest BCUT2D eigenvalue weighted by atomic mass is 16.3. The summed E-state index contributed by atoms with van der Waals surface area (Å²) in [6.45, 7) is 8.30. The summed E-state index contributed by atoms with van der Waals surface area (Å²) in [5.41, 5.74) is -0.451. The Balaban J connectivity index is 2.31. The summed E-state index contributed by atoms with van der Waals surface area (Å²) in [5.74, 6) is 0.723. The molecule has 1 atom stereocenters. The van der Waals surface area contributed by atoms with Crippen LogP contribution in [0, 0.1) is 5.92 Å². The summed E-state index contributed by atoms with van der Waals surface area (Å²) in [4.78, 5) is 2.28. The maximum absolute atomic E-state index is 10.3. The molecule has 15 heavy (non-hydrogen) atoms. The van der Waals surface area contributed by atoms with Crippen LogP contribution in [0.1, 0.15) is 33.1 Å². The highest BCUT2D eigenvalue weighted by molar-refractivity contribution is 4.86. The minimum Gasteiger partial charge on any atom is -0.388 e. The van der Waals surface area contributed by atoms with Crippen molar-refractivity contribution in [3.8, 4) is 0 Å². The van der Waals surface area contributed by atoms with Crippen LogP contribution in [0.5, 0.6) is 0 Å². The van der Waals surface area contributed by atoms with Gasteiger partial charge < -0.3 is 15.3 Å². The zero-order chi connectivity index (χ0) is 11.3.